The fourth-order valence-corrected chi connectivity index (χ4v) is 2.25. The van der Waals surface area contributed by atoms with E-state index in [1.165, 1.54) is 0 Å². The minimum atomic E-state index is -2.36. The number of hydrogen-bond donors (Lipinski definition) is 0. The van der Waals surface area contributed by atoms with E-state index in [1.54, 1.807) is 0 Å². The van der Waals surface area contributed by atoms with Crippen LogP contribution in [0.25, 0.3) is 0 Å². The predicted molar refractivity (Wildman–Crippen MR) is 38.7 cm³/mol. The van der Waals surface area contributed by atoms with Crippen LogP contribution in [-0.4, -0.2) is 31.0 Å². The molecule has 2 aliphatic rings. The molecule has 1 heterocycles. The first kappa shape index (κ1) is 7.47. The van der Waals surface area contributed by atoms with E-state index in [-0.39, 0.29) is 6.42 Å². The van der Waals surface area contributed by atoms with Gasteiger partial charge in [0.05, 0.1) is 0 Å². The summed E-state index contributed by atoms with van der Waals surface area (Å²) in [5.41, 5.74) is -0.623. The summed E-state index contributed by atoms with van der Waals surface area (Å²) in [6.07, 6.45) is 1.53. The Balaban J connectivity index is 2.13. The van der Waals surface area contributed by atoms with Crippen molar-refractivity contribution in [2.45, 2.75) is 25.2 Å². The van der Waals surface area contributed by atoms with Gasteiger partial charge in [0, 0.05) is 18.4 Å². The minimum Gasteiger partial charge on any atom is -0.306 e. The number of rotatable bonds is 0. The summed E-state index contributed by atoms with van der Waals surface area (Å²) in [7, 11) is 1.92. The highest BCUT2D eigenvalue weighted by Gasteiger charge is 2.62. The smallest absolute Gasteiger partial charge is 0.254 e. The normalized spacial score (nSPS) is 42.8. The lowest BCUT2D eigenvalue weighted by atomic mass is 9.64. The van der Waals surface area contributed by atoms with E-state index in [0.29, 0.717) is 13.0 Å². The fraction of sp³-hybridized carbons (Fsp3) is 1.00. The molecule has 0 aromatic carbocycles. The van der Waals surface area contributed by atoms with Gasteiger partial charge in [0.25, 0.3) is 5.92 Å². The van der Waals surface area contributed by atoms with E-state index >= 15 is 0 Å². The van der Waals surface area contributed by atoms with Crippen molar-refractivity contribution in [1.29, 1.82) is 0 Å². The van der Waals surface area contributed by atoms with Crippen molar-refractivity contribution >= 4 is 0 Å². The van der Waals surface area contributed by atoms with Crippen molar-refractivity contribution in [2.24, 2.45) is 5.41 Å². The Kier molecular flexibility index (Phi) is 1.32. The Morgan fingerprint density at radius 3 is 2.09 bits per heavy atom. The number of halogens is 2. The van der Waals surface area contributed by atoms with E-state index in [0.717, 1.165) is 13.0 Å². The molecule has 2 fully saturated rings. The summed E-state index contributed by atoms with van der Waals surface area (Å²) in [6, 6.07) is 0. The minimum absolute atomic E-state index is 0.112. The van der Waals surface area contributed by atoms with Crippen LogP contribution < -0.4 is 0 Å². The van der Waals surface area contributed by atoms with Crippen LogP contribution in [0.15, 0.2) is 0 Å². The number of likely N-dealkylation sites (tertiary alicyclic amines) is 1. The molecule has 0 unspecified atom stereocenters. The largest absolute Gasteiger partial charge is 0.306 e. The van der Waals surface area contributed by atoms with Crippen LogP contribution in [0, 0.1) is 5.41 Å². The lowest BCUT2D eigenvalue weighted by molar-refractivity contribution is -0.194. The molecule has 0 aromatic heterocycles. The van der Waals surface area contributed by atoms with Crippen LogP contribution >= 0.6 is 0 Å². The predicted octanol–water partition coefficient (Wildman–Crippen LogP) is 1.74. The molecule has 0 aromatic rings. The first-order chi connectivity index (χ1) is 5.06. The Bertz CT molecular complexity index is 181. The molecule has 0 N–H and O–H groups in total. The zero-order chi connectivity index (χ0) is 8.11. The first-order valence-corrected chi connectivity index (χ1v) is 4.12. The van der Waals surface area contributed by atoms with Gasteiger partial charge in [-0.3, -0.25) is 0 Å². The second kappa shape index (κ2) is 1.94. The third kappa shape index (κ3) is 0.835. The van der Waals surface area contributed by atoms with Gasteiger partial charge in [-0.05, 0) is 26.4 Å². The van der Waals surface area contributed by atoms with Crippen LogP contribution in [-0.2, 0) is 0 Å². The molecule has 0 amide bonds. The number of alkyl halides is 2. The van der Waals surface area contributed by atoms with Gasteiger partial charge in [-0.25, -0.2) is 8.78 Å². The quantitative estimate of drug-likeness (QED) is 0.523. The third-order valence-corrected chi connectivity index (χ3v) is 3.24. The molecule has 3 heteroatoms. The zero-order valence-electron chi connectivity index (χ0n) is 6.74. The standard InChI is InChI=1S/C8H13F2N/c1-11-5-4-7(6-11)2-3-8(7,9)10/h2-6H2,1H3/t7-/m1/s1. The lowest BCUT2D eigenvalue weighted by Crippen LogP contribution is -2.52. The SMILES string of the molecule is CN1CC[C@]2(CCC2(F)F)C1. The van der Waals surface area contributed by atoms with Gasteiger partial charge >= 0.3 is 0 Å². The zero-order valence-corrected chi connectivity index (χ0v) is 6.74. The Morgan fingerprint density at radius 2 is 1.91 bits per heavy atom. The van der Waals surface area contributed by atoms with E-state index < -0.39 is 11.3 Å². The van der Waals surface area contributed by atoms with E-state index in [9.17, 15) is 8.78 Å². The van der Waals surface area contributed by atoms with Crippen LogP contribution in [0.1, 0.15) is 19.3 Å². The molecule has 11 heavy (non-hydrogen) atoms. The van der Waals surface area contributed by atoms with Crippen molar-refractivity contribution in [3.05, 3.63) is 0 Å². The topological polar surface area (TPSA) is 3.24 Å². The first-order valence-electron chi connectivity index (χ1n) is 4.12. The van der Waals surface area contributed by atoms with Crippen LogP contribution in [0.4, 0.5) is 8.78 Å². The molecule has 0 radical (unpaired) electrons. The summed E-state index contributed by atoms with van der Waals surface area (Å²) in [6.45, 7) is 1.44. The Labute approximate surface area is 65.4 Å². The molecule has 1 saturated carbocycles. The average Bonchev–Trinajstić information content (AvgIpc) is 2.32. The lowest BCUT2D eigenvalue weighted by Gasteiger charge is -2.46. The van der Waals surface area contributed by atoms with Crippen molar-refractivity contribution in [3.63, 3.8) is 0 Å². The van der Waals surface area contributed by atoms with Gasteiger partial charge < -0.3 is 4.90 Å². The van der Waals surface area contributed by atoms with Crippen LogP contribution in [0.2, 0.25) is 0 Å². The summed E-state index contributed by atoms with van der Waals surface area (Å²) in [5.74, 6) is -2.36. The summed E-state index contributed by atoms with van der Waals surface area (Å²) in [5, 5.41) is 0. The monoisotopic (exact) mass is 161 g/mol. The van der Waals surface area contributed by atoms with Gasteiger partial charge in [0.1, 0.15) is 0 Å². The Hall–Kier alpha value is -0.180. The van der Waals surface area contributed by atoms with Gasteiger partial charge in [-0.15, -0.1) is 0 Å². The van der Waals surface area contributed by atoms with E-state index in [2.05, 4.69) is 0 Å². The average molecular weight is 161 g/mol. The molecule has 0 bridgehead atoms. The van der Waals surface area contributed by atoms with Crippen LogP contribution in [0.3, 0.4) is 0 Å². The van der Waals surface area contributed by atoms with Crippen molar-refractivity contribution in [3.8, 4) is 0 Å². The Morgan fingerprint density at radius 1 is 1.18 bits per heavy atom. The van der Waals surface area contributed by atoms with Crippen molar-refractivity contribution < 1.29 is 8.78 Å². The number of hydrogen-bond acceptors (Lipinski definition) is 1. The van der Waals surface area contributed by atoms with Crippen molar-refractivity contribution in [2.75, 3.05) is 20.1 Å². The van der Waals surface area contributed by atoms with Gasteiger partial charge in [-0.1, -0.05) is 0 Å². The van der Waals surface area contributed by atoms with Crippen molar-refractivity contribution in [1.82, 2.24) is 4.90 Å². The maximum atomic E-state index is 13.0. The molecule has 1 nitrogen and oxygen atoms in total. The summed E-state index contributed by atoms with van der Waals surface area (Å²) < 4.78 is 26.1. The maximum Gasteiger partial charge on any atom is 0.254 e. The molecule has 1 aliphatic heterocycles. The molecule has 1 saturated heterocycles. The van der Waals surface area contributed by atoms with Gasteiger partial charge in [-0.2, -0.15) is 0 Å². The maximum absolute atomic E-state index is 13.0. The highest BCUT2D eigenvalue weighted by atomic mass is 19.3. The molecular formula is C8H13F2N. The third-order valence-electron chi connectivity index (χ3n) is 3.24. The summed E-state index contributed by atoms with van der Waals surface area (Å²) >= 11 is 0. The molecule has 1 aliphatic carbocycles. The summed E-state index contributed by atoms with van der Waals surface area (Å²) in [4.78, 5) is 2.01. The van der Waals surface area contributed by atoms with Gasteiger partial charge in [0.15, 0.2) is 0 Å². The number of nitrogens with zero attached hydrogens (tertiary/aromatic N) is 1. The molecule has 1 spiro atoms. The fourth-order valence-electron chi connectivity index (χ4n) is 2.25. The highest BCUT2D eigenvalue weighted by molar-refractivity contribution is 5.06. The molecule has 2 rings (SSSR count). The van der Waals surface area contributed by atoms with E-state index in [4.69, 9.17) is 0 Å². The van der Waals surface area contributed by atoms with E-state index in [1.807, 2.05) is 11.9 Å². The molecule has 1 atom stereocenters. The molecular weight excluding hydrogens is 148 g/mol. The molecule has 64 valence electrons. The highest BCUT2D eigenvalue weighted by Crippen LogP contribution is 2.58. The van der Waals surface area contributed by atoms with Gasteiger partial charge in [0.2, 0.25) is 0 Å². The second-order valence-corrected chi connectivity index (χ2v) is 3.97. The van der Waals surface area contributed by atoms with Crippen LogP contribution in [0.5, 0.6) is 0 Å². The second-order valence-electron chi connectivity index (χ2n) is 3.97.